The topological polar surface area (TPSA) is 109 Å². The summed E-state index contributed by atoms with van der Waals surface area (Å²) in [5.74, 6) is 0. The predicted molar refractivity (Wildman–Crippen MR) is 100 cm³/mol. The van der Waals surface area contributed by atoms with Crippen molar-refractivity contribution < 1.29 is 25.9 Å². The summed E-state index contributed by atoms with van der Waals surface area (Å²) in [6, 6.07) is 2.91. The van der Waals surface area contributed by atoms with Gasteiger partial charge in [-0.15, -0.1) is 0 Å². The Kier molecular flexibility index (Phi) is 5.51. The zero-order valence-electron chi connectivity index (χ0n) is 14.3. The van der Waals surface area contributed by atoms with Crippen molar-refractivity contribution >= 4 is 43.4 Å². The van der Waals surface area contributed by atoms with Crippen LogP contribution in [-0.4, -0.2) is 25.9 Å². The molecule has 2 aromatic carbocycles. The Hall–Kier alpha value is -1.16. The van der Waals surface area contributed by atoms with Crippen molar-refractivity contribution in [2.24, 2.45) is 0 Å². The molecule has 0 fully saturated rings. The molecule has 26 heavy (non-hydrogen) atoms. The molecule has 0 aliphatic rings. The molecule has 0 aliphatic heterocycles. The average molecular weight is 439 g/mol. The van der Waals surface area contributed by atoms with Crippen molar-refractivity contribution in [1.82, 2.24) is 0 Å². The van der Waals surface area contributed by atoms with Crippen LogP contribution in [-0.2, 0) is 20.2 Å². The lowest BCUT2D eigenvalue weighted by atomic mass is 9.93. The summed E-state index contributed by atoms with van der Waals surface area (Å²) in [4.78, 5) is -1.03. The van der Waals surface area contributed by atoms with Gasteiger partial charge >= 0.3 is 0 Å². The number of aryl methyl sites for hydroxylation is 2. The summed E-state index contributed by atoms with van der Waals surface area (Å²) in [6.07, 6.45) is 0. The maximum Gasteiger partial charge on any atom is 0.295 e. The predicted octanol–water partition coefficient (Wildman–Crippen LogP) is 4.39. The van der Waals surface area contributed by atoms with Gasteiger partial charge in [-0.2, -0.15) is 16.8 Å². The molecule has 0 atom stereocenters. The summed E-state index contributed by atoms with van der Waals surface area (Å²) in [5.41, 5.74) is 0.621. The Labute approximate surface area is 162 Å². The van der Waals surface area contributed by atoms with Gasteiger partial charge in [0, 0.05) is 21.2 Å². The third-order valence-corrected chi connectivity index (χ3v) is 6.93. The molecular weight excluding hydrogens is 423 g/mol. The SMILES string of the molecule is Cc1cc(Cl)c(C)c(S(=O)(=O)O)c1-c1c(C)cc(Cl)c(C)c1S(=O)(=O)O. The lowest BCUT2D eigenvalue weighted by molar-refractivity contribution is 0.479. The van der Waals surface area contributed by atoms with Crippen molar-refractivity contribution in [3.05, 3.63) is 44.4 Å². The van der Waals surface area contributed by atoms with E-state index in [0.29, 0.717) is 11.1 Å². The maximum absolute atomic E-state index is 12.0. The first-order valence-corrected chi connectivity index (χ1v) is 10.9. The Morgan fingerprint density at radius 1 is 0.692 bits per heavy atom. The Balaban J connectivity index is 3.25. The number of hydrogen-bond donors (Lipinski definition) is 2. The van der Waals surface area contributed by atoms with Crippen LogP contribution in [0.5, 0.6) is 0 Å². The molecule has 0 radical (unpaired) electrons. The second-order valence-corrected chi connectivity index (χ2v) is 9.49. The highest BCUT2D eigenvalue weighted by Crippen LogP contribution is 2.43. The molecule has 0 aliphatic carbocycles. The fourth-order valence-electron chi connectivity index (χ4n) is 2.96. The van der Waals surface area contributed by atoms with Gasteiger partial charge in [0.25, 0.3) is 20.2 Å². The molecule has 0 spiro atoms. The van der Waals surface area contributed by atoms with Gasteiger partial charge in [0.05, 0.1) is 0 Å². The van der Waals surface area contributed by atoms with Crippen LogP contribution in [0, 0.1) is 27.7 Å². The van der Waals surface area contributed by atoms with Crippen molar-refractivity contribution in [2.45, 2.75) is 37.5 Å². The molecule has 0 saturated carbocycles. The van der Waals surface area contributed by atoms with Gasteiger partial charge in [-0.25, -0.2) is 0 Å². The molecule has 2 aromatic rings. The lowest BCUT2D eigenvalue weighted by Crippen LogP contribution is -2.11. The smallest absolute Gasteiger partial charge is 0.282 e. The Morgan fingerprint density at radius 2 is 0.962 bits per heavy atom. The third-order valence-electron chi connectivity index (χ3n) is 4.09. The van der Waals surface area contributed by atoms with Crippen molar-refractivity contribution in [3.63, 3.8) is 0 Å². The molecule has 0 saturated heterocycles. The molecule has 6 nitrogen and oxygen atoms in total. The van der Waals surface area contributed by atoms with E-state index in [0.717, 1.165) is 0 Å². The zero-order valence-corrected chi connectivity index (χ0v) is 17.4. The van der Waals surface area contributed by atoms with Crippen LogP contribution < -0.4 is 0 Å². The first kappa shape index (κ1) is 21.1. The number of halogens is 2. The minimum Gasteiger partial charge on any atom is -0.282 e. The fourth-order valence-corrected chi connectivity index (χ4v) is 5.62. The van der Waals surface area contributed by atoms with Crippen LogP contribution in [0.1, 0.15) is 22.3 Å². The summed E-state index contributed by atoms with van der Waals surface area (Å²) >= 11 is 12.1. The monoisotopic (exact) mass is 438 g/mol. The Morgan fingerprint density at radius 3 is 1.19 bits per heavy atom. The largest absolute Gasteiger partial charge is 0.295 e. The van der Waals surface area contributed by atoms with Gasteiger partial charge in [0.15, 0.2) is 0 Å². The molecule has 142 valence electrons. The van der Waals surface area contributed by atoms with E-state index in [1.807, 2.05) is 0 Å². The number of benzene rings is 2. The standard InChI is InChI=1S/C16H16Cl2O6S2/c1-7-5-11(17)9(3)15(25(19,20)21)13(7)14-8(2)6-12(18)10(4)16(14)26(22,23)24/h5-6H,1-4H3,(H,19,20,21)(H,22,23,24). The molecule has 0 heterocycles. The fraction of sp³-hybridized carbons (Fsp3) is 0.250. The van der Waals surface area contributed by atoms with Crippen molar-refractivity contribution in [1.29, 1.82) is 0 Å². The molecule has 0 bridgehead atoms. The van der Waals surface area contributed by atoms with E-state index < -0.39 is 30.0 Å². The summed E-state index contributed by atoms with van der Waals surface area (Å²) in [6.45, 7) is 5.82. The molecule has 0 amide bonds. The molecule has 10 heteroatoms. The zero-order chi connectivity index (χ0) is 20.2. The summed E-state index contributed by atoms with van der Waals surface area (Å²) in [5, 5.41) is 0.186. The van der Waals surface area contributed by atoms with Crippen LogP contribution in [0.25, 0.3) is 11.1 Å². The van der Waals surface area contributed by atoms with Crippen molar-refractivity contribution in [2.75, 3.05) is 0 Å². The highest BCUT2D eigenvalue weighted by molar-refractivity contribution is 7.86. The minimum absolute atomic E-state index is 0.0562. The highest BCUT2D eigenvalue weighted by atomic mass is 35.5. The van der Waals surface area contributed by atoms with E-state index in [9.17, 15) is 25.9 Å². The van der Waals surface area contributed by atoms with E-state index in [4.69, 9.17) is 23.2 Å². The highest BCUT2D eigenvalue weighted by Gasteiger charge is 2.30. The maximum atomic E-state index is 12.0. The molecule has 0 aromatic heterocycles. The summed E-state index contributed by atoms with van der Waals surface area (Å²) < 4.78 is 67.6. The van der Waals surface area contributed by atoms with Gasteiger partial charge in [-0.1, -0.05) is 23.2 Å². The minimum atomic E-state index is -4.75. The first-order valence-electron chi connectivity index (χ1n) is 7.22. The molecule has 0 unspecified atom stereocenters. The van der Waals surface area contributed by atoms with Gasteiger partial charge in [0.1, 0.15) is 9.79 Å². The first-order chi connectivity index (χ1) is 11.7. The van der Waals surface area contributed by atoms with Crippen LogP contribution in [0.2, 0.25) is 10.0 Å². The average Bonchev–Trinajstić information content (AvgIpc) is 2.44. The number of hydrogen-bond acceptors (Lipinski definition) is 4. The normalized spacial score (nSPS) is 12.5. The van der Waals surface area contributed by atoms with E-state index in [-0.39, 0.29) is 32.3 Å². The quantitative estimate of drug-likeness (QED) is 0.687. The third kappa shape index (κ3) is 3.62. The second-order valence-electron chi connectivity index (χ2n) is 5.96. The molecular formula is C16H16Cl2O6S2. The van der Waals surface area contributed by atoms with Gasteiger partial charge in [-0.3, -0.25) is 9.11 Å². The van der Waals surface area contributed by atoms with Gasteiger partial charge in [-0.05, 0) is 62.1 Å². The van der Waals surface area contributed by atoms with E-state index in [2.05, 4.69) is 0 Å². The molecule has 2 N–H and O–H groups in total. The van der Waals surface area contributed by atoms with E-state index in [1.165, 1.54) is 39.8 Å². The van der Waals surface area contributed by atoms with Crippen LogP contribution in [0.3, 0.4) is 0 Å². The van der Waals surface area contributed by atoms with E-state index >= 15 is 0 Å². The van der Waals surface area contributed by atoms with Crippen LogP contribution in [0.15, 0.2) is 21.9 Å². The summed E-state index contributed by atoms with van der Waals surface area (Å²) in [7, 11) is -9.51. The van der Waals surface area contributed by atoms with Gasteiger partial charge < -0.3 is 0 Å². The van der Waals surface area contributed by atoms with Gasteiger partial charge in [0.2, 0.25) is 0 Å². The van der Waals surface area contributed by atoms with Crippen LogP contribution >= 0.6 is 23.2 Å². The lowest BCUT2D eigenvalue weighted by Gasteiger charge is -2.20. The number of rotatable bonds is 3. The van der Waals surface area contributed by atoms with E-state index in [1.54, 1.807) is 0 Å². The molecule has 2 rings (SSSR count). The second kappa shape index (κ2) is 6.78. The van der Waals surface area contributed by atoms with Crippen molar-refractivity contribution in [3.8, 4) is 11.1 Å². The Bertz CT molecular complexity index is 1040. The van der Waals surface area contributed by atoms with Crippen LogP contribution in [0.4, 0.5) is 0 Å².